The van der Waals surface area contributed by atoms with Crippen LogP contribution in [-0.2, 0) is 18.4 Å². The number of amides is 1. The number of aliphatic hydroxyl groups excluding tert-OH is 1. The van der Waals surface area contributed by atoms with E-state index in [1.807, 2.05) is 27.2 Å². The first kappa shape index (κ1) is 83.4. The van der Waals surface area contributed by atoms with Gasteiger partial charge in [-0.2, -0.15) is 0 Å². The van der Waals surface area contributed by atoms with Crippen LogP contribution in [0.25, 0.3) is 0 Å². The Morgan fingerprint density at radius 3 is 1.06 bits per heavy atom. The molecule has 1 amide bonds. The molecule has 0 radical (unpaired) electrons. The number of hydrogen-bond acceptors (Lipinski definition) is 5. The number of rotatable bonds is 64. The van der Waals surface area contributed by atoms with E-state index in [-0.39, 0.29) is 19.1 Å². The lowest BCUT2D eigenvalue weighted by Gasteiger charge is -2.25. The highest BCUT2D eigenvalue weighted by atomic mass is 31.2. The third kappa shape index (κ3) is 69.7. The molecule has 0 aliphatic rings. The average Bonchev–Trinajstić information content (AvgIpc) is 3.70. The number of hydrogen-bond donors (Lipinski definition) is 3. The van der Waals surface area contributed by atoms with Crippen LogP contribution in [0.1, 0.15) is 290 Å². The Bertz CT molecular complexity index is 1930. The molecule has 0 aromatic rings. The lowest BCUT2D eigenvalue weighted by molar-refractivity contribution is -0.870. The van der Waals surface area contributed by atoms with Crippen molar-refractivity contribution in [2.45, 2.75) is 302 Å². The molecule has 498 valence electrons. The van der Waals surface area contributed by atoms with Gasteiger partial charge in [-0.05, 0) is 109 Å². The number of unbranched alkanes of at least 4 members (excludes halogenated alkanes) is 29. The van der Waals surface area contributed by atoms with Crippen molar-refractivity contribution < 1.29 is 32.9 Å². The predicted molar refractivity (Wildman–Crippen MR) is 382 cm³/mol. The van der Waals surface area contributed by atoms with E-state index in [0.717, 1.165) is 116 Å². The molecule has 0 heterocycles. The fourth-order valence-electron chi connectivity index (χ4n) is 9.79. The van der Waals surface area contributed by atoms with Crippen molar-refractivity contribution in [1.29, 1.82) is 0 Å². The predicted octanol–water partition coefficient (Wildman–Crippen LogP) is 23.2. The Morgan fingerprint density at radius 1 is 0.402 bits per heavy atom. The van der Waals surface area contributed by atoms with Gasteiger partial charge in [-0.3, -0.25) is 13.8 Å². The summed E-state index contributed by atoms with van der Waals surface area (Å²) >= 11 is 0. The van der Waals surface area contributed by atoms with Crippen molar-refractivity contribution in [2.75, 3.05) is 40.9 Å². The summed E-state index contributed by atoms with van der Waals surface area (Å²) in [4.78, 5) is 23.4. The lowest BCUT2D eigenvalue weighted by Crippen LogP contribution is -2.45. The second kappa shape index (κ2) is 66.8. The minimum atomic E-state index is -4.38. The molecule has 8 nitrogen and oxygen atoms in total. The SMILES string of the molecule is CC/C=C\C/C=C\C/C=C\C/C=C\C/C=C\C/C=C\C/C=C\C/C=C\C/C=C\C/C=C\CCCCCCC(=O)NC(COP(=O)(O)OCC[N+](C)(C)C)C(O)/C=C/CC/C=C/CCCCCCCCCCCCCCCCCCCCCCCCCC. The fourth-order valence-corrected chi connectivity index (χ4v) is 10.5. The maximum absolute atomic E-state index is 13.0. The second-order valence-corrected chi connectivity index (χ2v) is 26.3. The van der Waals surface area contributed by atoms with Gasteiger partial charge in [0.15, 0.2) is 0 Å². The molecule has 0 bridgehead atoms. The lowest BCUT2D eigenvalue weighted by atomic mass is 10.0. The van der Waals surface area contributed by atoms with Gasteiger partial charge < -0.3 is 19.8 Å². The van der Waals surface area contributed by atoms with E-state index in [1.54, 1.807) is 6.08 Å². The number of nitrogens with zero attached hydrogens (tertiary/aromatic N) is 1. The van der Waals surface area contributed by atoms with Gasteiger partial charge in [-0.25, -0.2) is 4.57 Å². The molecule has 0 aromatic carbocycles. The molecule has 0 rings (SSSR count). The molecular weight excluding hydrogens is 1090 g/mol. The van der Waals surface area contributed by atoms with Gasteiger partial charge in [-0.15, -0.1) is 0 Å². The Morgan fingerprint density at radius 2 is 0.701 bits per heavy atom. The van der Waals surface area contributed by atoms with Crippen LogP contribution < -0.4 is 5.32 Å². The number of aliphatic hydroxyl groups is 1. The molecule has 0 saturated carbocycles. The summed E-state index contributed by atoms with van der Waals surface area (Å²) in [5, 5.41) is 14.0. The van der Waals surface area contributed by atoms with Gasteiger partial charge in [0.1, 0.15) is 13.2 Å². The molecule has 87 heavy (non-hydrogen) atoms. The molecule has 0 aromatic heterocycles. The molecule has 0 saturated heterocycles. The van der Waals surface area contributed by atoms with E-state index < -0.39 is 20.0 Å². The van der Waals surface area contributed by atoms with Crippen molar-refractivity contribution in [2.24, 2.45) is 0 Å². The zero-order chi connectivity index (χ0) is 63.4. The molecule has 3 N–H and O–H groups in total. The third-order valence-corrected chi connectivity index (χ3v) is 16.3. The van der Waals surface area contributed by atoms with Gasteiger partial charge in [0.05, 0.1) is 39.9 Å². The summed E-state index contributed by atoms with van der Waals surface area (Å²) < 4.78 is 23.8. The summed E-state index contributed by atoms with van der Waals surface area (Å²) in [5.41, 5.74) is 0. The van der Waals surface area contributed by atoms with E-state index >= 15 is 0 Å². The highest BCUT2D eigenvalue weighted by Gasteiger charge is 2.28. The summed E-state index contributed by atoms with van der Waals surface area (Å²) in [6.45, 7) is 4.67. The smallest absolute Gasteiger partial charge is 0.387 e. The monoisotopic (exact) mass is 1230 g/mol. The van der Waals surface area contributed by atoms with E-state index in [0.29, 0.717) is 17.4 Å². The van der Waals surface area contributed by atoms with Gasteiger partial charge >= 0.3 is 7.82 Å². The molecule has 3 atom stereocenters. The van der Waals surface area contributed by atoms with Crippen LogP contribution in [0, 0.1) is 0 Å². The van der Waals surface area contributed by atoms with E-state index in [9.17, 15) is 19.4 Å². The van der Waals surface area contributed by atoms with Crippen LogP contribution in [0.2, 0.25) is 0 Å². The van der Waals surface area contributed by atoms with Gasteiger partial charge in [0.25, 0.3) is 0 Å². The second-order valence-electron chi connectivity index (χ2n) is 24.9. The van der Waals surface area contributed by atoms with Crippen molar-refractivity contribution in [1.82, 2.24) is 5.32 Å². The zero-order valence-electron chi connectivity index (χ0n) is 57.0. The normalized spacial score (nSPS) is 14.5. The zero-order valence-corrected chi connectivity index (χ0v) is 57.9. The highest BCUT2D eigenvalue weighted by Crippen LogP contribution is 2.43. The van der Waals surface area contributed by atoms with Crippen LogP contribution in [0.5, 0.6) is 0 Å². The van der Waals surface area contributed by atoms with Crippen molar-refractivity contribution >= 4 is 13.7 Å². The number of allylic oxidation sites excluding steroid dienone is 23. The third-order valence-electron chi connectivity index (χ3n) is 15.3. The van der Waals surface area contributed by atoms with Crippen molar-refractivity contribution in [3.8, 4) is 0 Å². The van der Waals surface area contributed by atoms with Crippen LogP contribution >= 0.6 is 7.82 Å². The Hall–Kier alpha value is -3.62. The average molecular weight is 1230 g/mol. The van der Waals surface area contributed by atoms with Crippen molar-refractivity contribution in [3.63, 3.8) is 0 Å². The number of nitrogens with one attached hydrogen (secondary N) is 1. The first-order valence-corrected chi connectivity index (χ1v) is 37.2. The summed E-state index contributed by atoms with van der Waals surface area (Å²) in [6, 6.07) is -0.891. The topological polar surface area (TPSA) is 105 Å². The van der Waals surface area contributed by atoms with Crippen molar-refractivity contribution in [3.05, 3.63) is 146 Å². The fraction of sp³-hybridized carbons (Fsp3) is 0.679. The van der Waals surface area contributed by atoms with Gasteiger partial charge in [0.2, 0.25) is 5.91 Å². The first-order chi connectivity index (χ1) is 42.5. The Kier molecular flexibility index (Phi) is 64.0. The minimum Gasteiger partial charge on any atom is -0.387 e. The summed E-state index contributed by atoms with van der Waals surface area (Å²) in [7, 11) is 1.52. The number of carbonyl (C=O) groups is 1. The van der Waals surface area contributed by atoms with E-state index in [4.69, 9.17) is 9.05 Å². The standard InChI is InChI=1S/C78H135N2O6P/c1-6-8-10-12-14-16-18-20-22-24-26-28-30-32-34-36-38-39-40-41-42-44-46-48-50-52-54-56-58-60-62-64-66-68-70-72-78(82)79-76(75-86-87(83,84)85-74-73-80(3,4)5)77(81)71-69-67-65-63-61-59-57-55-53-51-49-47-45-43-37-35-33-31-29-27-25-23-21-19-17-15-13-11-9-7-2/h8,10,14,16,20,22,26,28,32,34,38-39,41-42,46,48,52,54,58,60-61,63,69,71,76-77,81H,6-7,9,11-13,15,17-19,21,23-25,27,29-31,33,35-37,40,43-45,47,49-51,53,55-57,59,62,64-68,70,72-75H2,1-5H3,(H-,79,82,83,84)/p+1/b10-8-,16-14-,22-20-,28-26-,34-32-,39-38-,42-41-,48-46-,54-52-,60-58-,63-61+,71-69+. The Balaban J connectivity index is 4.23. The first-order valence-electron chi connectivity index (χ1n) is 35.7. The maximum atomic E-state index is 13.0. The molecule has 0 aliphatic carbocycles. The number of carbonyl (C=O) groups excluding carboxylic acids is 1. The van der Waals surface area contributed by atoms with Crippen LogP contribution in [0.4, 0.5) is 0 Å². The minimum absolute atomic E-state index is 0.0430. The quantitative estimate of drug-likeness (QED) is 0.0243. The summed E-state index contributed by atoms with van der Waals surface area (Å²) in [6.07, 6.45) is 103. The van der Waals surface area contributed by atoms with Crippen LogP contribution in [0.3, 0.4) is 0 Å². The van der Waals surface area contributed by atoms with Crippen LogP contribution in [0.15, 0.2) is 146 Å². The van der Waals surface area contributed by atoms with Crippen LogP contribution in [-0.4, -0.2) is 73.4 Å². The van der Waals surface area contributed by atoms with E-state index in [1.165, 1.54) is 154 Å². The van der Waals surface area contributed by atoms with Gasteiger partial charge in [-0.1, -0.05) is 320 Å². The largest absolute Gasteiger partial charge is 0.472 e. The number of quaternary nitrogens is 1. The maximum Gasteiger partial charge on any atom is 0.472 e. The molecular formula is C78H136N2O6P+. The molecule has 0 spiro atoms. The molecule has 0 fully saturated rings. The van der Waals surface area contributed by atoms with Gasteiger partial charge in [0, 0.05) is 6.42 Å². The number of phosphoric ester groups is 1. The molecule has 9 heteroatoms. The molecule has 3 unspecified atom stereocenters. The number of likely N-dealkylation sites (N-methyl/N-ethyl adjacent to an activating group) is 1. The highest BCUT2D eigenvalue weighted by molar-refractivity contribution is 7.47. The summed E-state index contributed by atoms with van der Waals surface area (Å²) in [5.74, 6) is -0.215. The number of phosphoric acid groups is 1. The Labute approximate surface area is 538 Å². The molecule has 0 aliphatic heterocycles. The van der Waals surface area contributed by atoms with E-state index in [2.05, 4.69) is 153 Å².